The monoisotopic (exact) mass is 272 g/mol. The van der Waals surface area contributed by atoms with E-state index in [0.29, 0.717) is 6.42 Å². The summed E-state index contributed by atoms with van der Waals surface area (Å²) in [5.41, 5.74) is 1.65. The van der Waals surface area contributed by atoms with Crippen LogP contribution in [0, 0.1) is 17.8 Å². The van der Waals surface area contributed by atoms with Crippen molar-refractivity contribution in [3.05, 3.63) is 29.8 Å². The molecule has 5 heteroatoms. The largest absolute Gasteiger partial charge is 0.481 e. The molecule has 1 unspecified atom stereocenters. The highest BCUT2D eigenvalue weighted by atomic mass is 16.4. The van der Waals surface area contributed by atoms with Crippen LogP contribution in [0.3, 0.4) is 0 Å². The summed E-state index contributed by atoms with van der Waals surface area (Å²) in [5.74, 6) is 3.99. The number of para-hydroxylation sites is 1. The number of benzene rings is 1. The van der Waals surface area contributed by atoms with Gasteiger partial charge in [0.25, 0.3) is 0 Å². The highest BCUT2D eigenvalue weighted by Crippen LogP contribution is 2.29. The van der Waals surface area contributed by atoms with Crippen molar-refractivity contribution in [2.45, 2.75) is 13.3 Å². The fourth-order valence-corrected chi connectivity index (χ4v) is 2.26. The molecule has 1 atom stereocenters. The van der Waals surface area contributed by atoms with E-state index in [0.717, 1.165) is 11.3 Å². The van der Waals surface area contributed by atoms with Crippen LogP contribution in [0.1, 0.15) is 12.5 Å². The lowest BCUT2D eigenvalue weighted by Gasteiger charge is -2.32. The summed E-state index contributed by atoms with van der Waals surface area (Å²) in [6.07, 6.45) is 0.448. The molecule has 0 aromatic heterocycles. The summed E-state index contributed by atoms with van der Waals surface area (Å²) in [5, 5.41) is 11.9. The number of fused-ring (bicyclic) bond motifs is 1. The second-order valence-electron chi connectivity index (χ2n) is 4.56. The van der Waals surface area contributed by atoms with Gasteiger partial charge < -0.3 is 10.4 Å². The smallest absolute Gasteiger partial charge is 0.322 e. The topological polar surface area (TPSA) is 69.6 Å². The minimum Gasteiger partial charge on any atom is -0.481 e. The predicted molar refractivity (Wildman–Crippen MR) is 75.5 cm³/mol. The van der Waals surface area contributed by atoms with Crippen LogP contribution in [0.4, 0.5) is 10.5 Å². The van der Waals surface area contributed by atoms with Gasteiger partial charge in [0, 0.05) is 12.2 Å². The van der Waals surface area contributed by atoms with Crippen molar-refractivity contribution < 1.29 is 14.7 Å². The average molecular weight is 272 g/mol. The van der Waals surface area contributed by atoms with E-state index in [1.165, 1.54) is 4.90 Å². The number of aliphatic carboxylic acids is 1. The first-order chi connectivity index (χ1) is 9.63. The molecule has 0 spiro atoms. The van der Waals surface area contributed by atoms with Gasteiger partial charge in [-0.25, -0.2) is 4.79 Å². The summed E-state index contributed by atoms with van der Waals surface area (Å²) in [6.45, 7) is 2.13. The van der Waals surface area contributed by atoms with E-state index in [-0.39, 0.29) is 19.1 Å². The van der Waals surface area contributed by atoms with E-state index >= 15 is 0 Å². The molecular weight excluding hydrogens is 256 g/mol. The average Bonchev–Trinajstić information content (AvgIpc) is 2.46. The summed E-state index contributed by atoms with van der Waals surface area (Å²) in [6, 6.07) is 7.06. The maximum Gasteiger partial charge on any atom is 0.322 e. The van der Waals surface area contributed by atoms with Crippen molar-refractivity contribution in [1.29, 1.82) is 0 Å². The van der Waals surface area contributed by atoms with Gasteiger partial charge in [-0.05, 0) is 25.0 Å². The molecule has 0 saturated carbocycles. The van der Waals surface area contributed by atoms with Crippen LogP contribution in [0.15, 0.2) is 24.3 Å². The van der Waals surface area contributed by atoms with E-state index < -0.39 is 11.9 Å². The maximum atomic E-state index is 12.2. The molecule has 104 valence electrons. The van der Waals surface area contributed by atoms with Gasteiger partial charge in [-0.15, -0.1) is 5.92 Å². The lowest BCUT2D eigenvalue weighted by atomic mass is 9.93. The second-order valence-corrected chi connectivity index (χ2v) is 4.56. The summed E-state index contributed by atoms with van der Waals surface area (Å²) in [4.78, 5) is 24.9. The number of carbonyl (C=O) groups is 2. The number of hydrogen-bond acceptors (Lipinski definition) is 2. The molecule has 20 heavy (non-hydrogen) atoms. The first-order valence-electron chi connectivity index (χ1n) is 6.39. The Morgan fingerprint density at radius 3 is 2.90 bits per heavy atom. The molecule has 0 bridgehead atoms. The van der Waals surface area contributed by atoms with E-state index in [2.05, 4.69) is 17.2 Å². The number of urea groups is 1. The Morgan fingerprint density at radius 2 is 2.20 bits per heavy atom. The minimum absolute atomic E-state index is 0.178. The molecule has 0 aliphatic carbocycles. The van der Waals surface area contributed by atoms with Crippen LogP contribution in [0.5, 0.6) is 0 Å². The highest BCUT2D eigenvalue weighted by molar-refractivity contribution is 5.94. The van der Waals surface area contributed by atoms with Gasteiger partial charge in [0.2, 0.25) is 0 Å². The molecule has 0 fully saturated rings. The highest BCUT2D eigenvalue weighted by Gasteiger charge is 2.31. The van der Waals surface area contributed by atoms with Gasteiger partial charge in [-0.1, -0.05) is 24.1 Å². The van der Waals surface area contributed by atoms with Gasteiger partial charge in [0.15, 0.2) is 0 Å². The third kappa shape index (κ3) is 2.91. The van der Waals surface area contributed by atoms with Crippen molar-refractivity contribution in [3.63, 3.8) is 0 Å². The van der Waals surface area contributed by atoms with Crippen molar-refractivity contribution in [2.75, 3.05) is 18.0 Å². The van der Waals surface area contributed by atoms with E-state index in [9.17, 15) is 14.7 Å². The number of rotatable bonds is 2. The molecule has 1 aromatic rings. The van der Waals surface area contributed by atoms with Gasteiger partial charge >= 0.3 is 12.0 Å². The van der Waals surface area contributed by atoms with E-state index in [1.807, 2.05) is 24.3 Å². The molecule has 1 aromatic carbocycles. The summed E-state index contributed by atoms with van der Waals surface area (Å²) in [7, 11) is 0. The predicted octanol–water partition coefficient (Wildman–Crippen LogP) is 1.48. The fraction of sp³-hybridized carbons (Fsp3) is 0.333. The zero-order chi connectivity index (χ0) is 14.5. The molecule has 0 saturated heterocycles. The number of nitrogens with zero attached hydrogens (tertiary/aromatic N) is 1. The quantitative estimate of drug-likeness (QED) is 0.801. The van der Waals surface area contributed by atoms with Crippen molar-refractivity contribution in [3.8, 4) is 11.8 Å². The summed E-state index contributed by atoms with van der Waals surface area (Å²) >= 11 is 0. The van der Waals surface area contributed by atoms with Crippen LogP contribution < -0.4 is 10.2 Å². The zero-order valence-electron chi connectivity index (χ0n) is 11.2. The number of carboxylic acid groups (broad SMARTS) is 1. The molecule has 2 amide bonds. The Hall–Kier alpha value is -2.48. The molecule has 5 nitrogen and oxygen atoms in total. The SMILES string of the molecule is CC#CCNC(=O)N1CC(C(=O)O)Cc2ccccc21. The van der Waals surface area contributed by atoms with Gasteiger partial charge in [0.05, 0.1) is 12.5 Å². The van der Waals surface area contributed by atoms with Crippen LogP contribution in [0.25, 0.3) is 0 Å². The van der Waals surface area contributed by atoms with E-state index in [4.69, 9.17) is 0 Å². The Kier molecular flexibility index (Phi) is 4.26. The van der Waals surface area contributed by atoms with Crippen LogP contribution >= 0.6 is 0 Å². The molecule has 1 heterocycles. The maximum absolute atomic E-state index is 12.2. The lowest BCUT2D eigenvalue weighted by molar-refractivity contribution is -0.141. The van der Waals surface area contributed by atoms with Crippen LogP contribution in [-0.2, 0) is 11.2 Å². The molecule has 0 radical (unpaired) electrons. The third-order valence-electron chi connectivity index (χ3n) is 3.25. The first-order valence-corrected chi connectivity index (χ1v) is 6.39. The number of nitrogens with one attached hydrogen (secondary N) is 1. The lowest BCUT2D eigenvalue weighted by Crippen LogP contribution is -2.47. The number of carbonyl (C=O) groups excluding carboxylic acids is 1. The van der Waals surface area contributed by atoms with Gasteiger partial charge in [-0.2, -0.15) is 0 Å². The fourth-order valence-electron chi connectivity index (χ4n) is 2.26. The molecule has 2 N–H and O–H groups in total. The Balaban J connectivity index is 2.23. The van der Waals surface area contributed by atoms with Gasteiger partial charge in [0.1, 0.15) is 0 Å². The number of anilines is 1. The normalized spacial score (nSPS) is 16.6. The zero-order valence-corrected chi connectivity index (χ0v) is 11.2. The number of hydrogen-bond donors (Lipinski definition) is 2. The standard InChI is InChI=1S/C15H16N2O3/c1-2-3-8-16-15(20)17-10-12(14(18)19)9-11-6-4-5-7-13(11)17/h4-7,12H,8-10H2,1H3,(H,16,20)(H,18,19). The van der Waals surface area contributed by atoms with Crippen molar-refractivity contribution >= 4 is 17.7 Å². The van der Waals surface area contributed by atoms with E-state index in [1.54, 1.807) is 6.92 Å². The van der Waals surface area contributed by atoms with Crippen molar-refractivity contribution in [1.82, 2.24) is 5.32 Å². The Bertz CT molecular complexity index is 586. The molecule has 1 aliphatic heterocycles. The Morgan fingerprint density at radius 1 is 1.45 bits per heavy atom. The first kappa shape index (κ1) is 13.9. The second kappa shape index (κ2) is 6.11. The minimum atomic E-state index is -0.884. The summed E-state index contributed by atoms with van der Waals surface area (Å²) < 4.78 is 0. The van der Waals surface area contributed by atoms with Gasteiger partial charge in [-0.3, -0.25) is 9.69 Å². The molecule has 2 rings (SSSR count). The van der Waals surface area contributed by atoms with Crippen molar-refractivity contribution in [2.24, 2.45) is 5.92 Å². The Labute approximate surface area is 117 Å². The molecule has 1 aliphatic rings. The van der Waals surface area contributed by atoms with Crippen LogP contribution in [-0.4, -0.2) is 30.2 Å². The number of amides is 2. The van der Waals surface area contributed by atoms with Crippen LogP contribution in [0.2, 0.25) is 0 Å². The molecular formula is C15H16N2O3. The number of carboxylic acids is 1. The third-order valence-corrected chi connectivity index (χ3v) is 3.25.